The number of carbonyl (C=O) groups is 4. The molecule has 3 amide bonds. The summed E-state index contributed by atoms with van der Waals surface area (Å²) >= 11 is 0. The van der Waals surface area contributed by atoms with Crippen LogP contribution in [0.2, 0.25) is 0 Å². The van der Waals surface area contributed by atoms with Crippen LogP contribution in [0.3, 0.4) is 0 Å². The summed E-state index contributed by atoms with van der Waals surface area (Å²) in [5, 5.41) is 11.5. The number of nitrogens with one attached hydrogen (secondary N) is 1. The van der Waals surface area contributed by atoms with Crippen LogP contribution >= 0.6 is 0 Å². The predicted molar refractivity (Wildman–Crippen MR) is 101 cm³/mol. The average molecular weight is 414 g/mol. The zero-order chi connectivity index (χ0) is 21.8. The van der Waals surface area contributed by atoms with Gasteiger partial charge in [0.2, 0.25) is 5.76 Å². The van der Waals surface area contributed by atoms with E-state index >= 15 is 0 Å². The minimum Gasteiger partial charge on any atom is -0.479 e. The number of carboxylic acid groups (broad SMARTS) is 1. The van der Waals surface area contributed by atoms with Crippen LogP contribution in [0.25, 0.3) is 6.08 Å². The molecular formula is C20H18N2O8. The van der Waals surface area contributed by atoms with E-state index in [0.29, 0.717) is 5.56 Å². The molecule has 2 N–H and O–H groups in total. The summed E-state index contributed by atoms with van der Waals surface area (Å²) in [6.07, 6.45) is 0.296. The molecule has 10 heteroatoms. The Morgan fingerprint density at radius 3 is 2.67 bits per heavy atom. The monoisotopic (exact) mass is 414 g/mol. The lowest BCUT2D eigenvalue weighted by atomic mass is 10.1. The van der Waals surface area contributed by atoms with Crippen molar-refractivity contribution in [1.29, 1.82) is 0 Å². The Hall–Kier alpha value is -4.08. The summed E-state index contributed by atoms with van der Waals surface area (Å²) in [5.41, 5.74) is 0.404. The highest BCUT2D eigenvalue weighted by molar-refractivity contribution is 6.14. The van der Waals surface area contributed by atoms with Gasteiger partial charge in [0.05, 0.1) is 13.7 Å². The van der Waals surface area contributed by atoms with Crippen molar-refractivity contribution in [1.82, 2.24) is 10.2 Å². The maximum Gasteiger partial charge on any atom is 0.373 e. The molecule has 1 aromatic heterocycles. The van der Waals surface area contributed by atoms with Crippen LogP contribution in [0.1, 0.15) is 28.8 Å². The summed E-state index contributed by atoms with van der Waals surface area (Å²) in [6.45, 7) is 1.19. The molecular weight excluding hydrogens is 396 g/mol. The van der Waals surface area contributed by atoms with Gasteiger partial charge < -0.3 is 24.3 Å². The smallest absolute Gasteiger partial charge is 0.373 e. The number of benzene rings is 1. The fraction of sp³-hybridized carbons (Fsp3) is 0.200. The number of nitrogens with zero attached hydrogens (tertiary/aromatic N) is 1. The number of carboxylic acids is 1. The van der Waals surface area contributed by atoms with E-state index in [9.17, 15) is 19.2 Å². The highest BCUT2D eigenvalue weighted by atomic mass is 16.5. The molecule has 1 fully saturated rings. The van der Waals surface area contributed by atoms with Crippen LogP contribution in [0.4, 0.5) is 4.79 Å². The Morgan fingerprint density at radius 1 is 1.23 bits per heavy atom. The second-order valence-corrected chi connectivity index (χ2v) is 6.27. The first-order valence-corrected chi connectivity index (χ1v) is 8.80. The van der Waals surface area contributed by atoms with Crippen molar-refractivity contribution in [2.24, 2.45) is 0 Å². The highest BCUT2D eigenvalue weighted by Gasteiger charge is 2.34. The molecule has 0 spiro atoms. The standard InChI is InChI=1S/C20H18N2O8/c1-11(18(24)25)29-15-6-4-3-5-12(15)9-14-17(23)22(20(27)21-14)10-13-7-8-16(30-13)19(26)28-2/h3-9,11H,10H2,1-2H3,(H,21,27)(H,24,25). The third-order valence-corrected chi connectivity index (χ3v) is 4.19. The normalized spacial score (nSPS) is 15.8. The predicted octanol–water partition coefficient (Wildman–Crippen LogP) is 2.01. The topological polar surface area (TPSA) is 135 Å². The summed E-state index contributed by atoms with van der Waals surface area (Å²) in [7, 11) is 1.21. The second kappa shape index (κ2) is 8.52. The quantitative estimate of drug-likeness (QED) is 0.399. The van der Waals surface area contributed by atoms with Gasteiger partial charge in [-0.2, -0.15) is 0 Å². The van der Waals surface area contributed by atoms with Crippen molar-refractivity contribution < 1.29 is 38.2 Å². The van der Waals surface area contributed by atoms with Gasteiger partial charge in [-0.25, -0.2) is 14.4 Å². The van der Waals surface area contributed by atoms with E-state index in [-0.39, 0.29) is 29.5 Å². The minimum atomic E-state index is -1.14. The molecule has 30 heavy (non-hydrogen) atoms. The van der Waals surface area contributed by atoms with Crippen LogP contribution in [-0.2, 0) is 20.9 Å². The Bertz CT molecular complexity index is 1040. The van der Waals surface area contributed by atoms with Gasteiger partial charge in [0.15, 0.2) is 6.10 Å². The number of urea groups is 1. The van der Waals surface area contributed by atoms with Gasteiger partial charge in [-0.05, 0) is 31.2 Å². The molecule has 1 unspecified atom stereocenters. The third-order valence-electron chi connectivity index (χ3n) is 4.19. The van der Waals surface area contributed by atoms with E-state index in [1.807, 2.05) is 0 Å². The van der Waals surface area contributed by atoms with Gasteiger partial charge in [0.1, 0.15) is 17.2 Å². The van der Waals surface area contributed by atoms with Crippen molar-refractivity contribution in [2.45, 2.75) is 19.6 Å². The fourth-order valence-corrected chi connectivity index (χ4v) is 2.65. The molecule has 0 bridgehead atoms. The first-order chi connectivity index (χ1) is 14.3. The molecule has 2 aromatic rings. The Labute approximate surface area is 170 Å². The molecule has 0 radical (unpaired) electrons. The zero-order valence-corrected chi connectivity index (χ0v) is 16.1. The Kier molecular flexibility index (Phi) is 5.86. The first-order valence-electron chi connectivity index (χ1n) is 8.80. The number of hydrogen-bond donors (Lipinski definition) is 2. The number of para-hydroxylation sites is 1. The van der Waals surface area contributed by atoms with Crippen LogP contribution in [0, 0.1) is 0 Å². The van der Waals surface area contributed by atoms with Gasteiger partial charge in [-0.15, -0.1) is 0 Å². The van der Waals surface area contributed by atoms with E-state index in [0.717, 1.165) is 4.90 Å². The van der Waals surface area contributed by atoms with E-state index in [1.54, 1.807) is 24.3 Å². The number of rotatable bonds is 7. The number of hydrogen-bond acceptors (Lipinski definition) is 7. The second-order valence-electron chi connectivity index (χ2n) is 6.27. The Morgan fingerprint density at radius 2 is 1.97 bits per heavy atom. The van der Waals surface area contributed by atoms with E-state index in [4.69, 9.17) is 14.3 Å². The number of carbonyl (C=O) groups excluding carboxylic acids is 3. The SMILES string of the molecule is COC(=O)c1ccc(CN2C(=O)NC(=Cc3ccccc3OC(C)C(=O)O)C2=O)o1. The van der Waals surface area contributed by atoms with Gasteiger partial charge in [0, 0.05) is 5.56 Å². The van der Waals surface area contributed by atoms with Gasteiger partial charge in [-0.3, -0.25) is 9.69 Å². The minimum absolute atomic E-state index is 0.0150. The molecule has 156 valence electrons. The van der Waals surface area contributed by atoms with Gasteiger partial charge in [-0.1, -0.05) is 18.2 Å². The summed E-state index contributed by atoms with van der Waals surface area (Å²) < 4.78 is 15.2. The van der Waals surface area contributed by atoms with E-state index < -0.39 is 30.0 Å². The van der Waals surface area contributed by atoms with Crippen molar-refractivity contribution in [2.75, 3.05) is 7.11 Å². The number of ether oxygens (including phenoxy) is 2. The number of imide groups is 1. The molecule has 2 heterocycles. The number of amides is 3. The summed E-state index contributed by atoms with van der Waals surface area (Å²) in [5.74, 6) is -2.01. The maximum atomic E-state index is 12.7. The van der Waals surface area contributed by atoms with Gasteiger partial charge in [0.25, 0.3) is 5.91 Å². The molecule has 1 aromatic carbocycles. The number of esters is 1. The summed E-state index contributed by atoms with van der Waals surface area (Å²) in [4.78, 5) is 48.3. The van der Waals surface area contributed by atoms with Crippen molar-refractivity contribution in [3.8, 4) is 5.75 Å². The Balaban J connectivity index is 1.79. The first kappa shape index (κ1) is 20.6. The number of methoxy groups -OCH3 is 1. The number of furan rings is 1. The van der Waals surface area contributed by atoms with Crippen LogP contribution < -0.4 is 10.1 Å². The zero-order valence-electron chi connectivity index (χ0n) is 16.1. The molecule has 1 aliphatic heterocycles. The summed E-state index contributed by atoms with van der Waals surface area (Å²) in [6, 6.07) is 8.69. The molecule has 1 saturated heterocycles. The van der Waals surface area contributed by atoms with Crippen molar-refractivity contribution >= 4 is 30.0 Å². The molecule has 1 atom stereocenters. The lowest BCUT2D eigenvalue weighted by Gasteiger charge is -2.13. The lowest BCUT2D eigenvalue weighted by molar-refractivity contribution is -0.144. The lowest BCUT2D eigenvalue weighted by Crippen LogP contribution is -2.30. The van der Waals surface area contributed by atoms with Gasteiger partial charge >= 0.3 is 18.0 Å². The van der Waals surface area contributed by atoms with Crippen LogP contribution in [0.15, 0.2) is 46.5 Å². The third kappa shape index (κ3) is 4.32. The van der Waals surface area contributed by atoms with Crippen molar-refractivity contribution in [3.63, 3.8) is 0 Å². The molecule has 3 rings (SSSR count). The largest absolute Gasteiger partial charge is 0.479 e. The highest BCUT2D eigenvalue weighted by Crippen LogP contribution is 2.24. The molecule has 1 aliphatic rings. The van der Waals surface area contributed by atoms with Crippen molar-refractivity contribution in [3.05, 3.63) is 59.2 Å². The average Bonchev–Trinajstić information content (AvgIpc) is 3.29. The maximum absolute atomic E-state index is 12.7. The van der Waals surface area contributed by atoms with E-state index in [2.05, 4.69) is 10.1 Å². The molecule has 0 aliphatic carbocycles. The van der Waals surface area contributed by atoms with E-state index in [1.165, 1.54) is 32.2 Å². The molecule has 0 saturated carbocycles. The van der Waals surface area contributed by atoms with Crippen LogP contribution in [0.5, 0.6) is 5.75 Å². The van der Waals surface area contributed by atoms with Crippen LogP contribution in [-0.4, -0.2) is 47.1 Å². The fourth-order valence-electron chi connectivity index (χ4n) is 2.65. The molecule has 10 nitrogen and oxygen atoms in total. The number of aliphatic carboxylic acids is 1.